The molecule has 0 N–H and O–H groups in total. The van der Waals surface area contributed by atoms with E-state index in [0.29, 0.717) is 32.7 Å². The maximum Gasteiger partial charge on any atom is 0.269 e. The first kappa shape index (κ1) is 21.9. The number of hydrogen-bond acceptors (Lipinski definition) is 6. The molecule has 1 heterocycles. The van der Waals surface area contributed by atoms with Crippen LogP contribution in [0.1, 0.15) is 5.56 Å². The first-order valence-electron chi connectivity index (χ1n) is 10.2. The Hall–Kier alpha value is -3.27. The Morgan fingerprint density at radius 3 is 2.16 bits per heavy atom. The minimum atomic E-state index is -3.68. The van der Waals surface area contributed by atoms with Crippen molar-refractivity contribution in [3.8, 4) is 11.5 Å². The van der Waals surface area contributed by atoms with E-state index in [-0.39, 0.29) is 10.6 Å². The van der Waals surface area contributed by atoms with Crippen LogP contribution in [0.3, 0.4) is 0 Å². The number of non-ortho nitro benzene ring substituents is 1. The van der Waals surface area contributed by atoms with Crippen LogP contribution in [0.5, 0.6) is 11.5 Å². The Morgan fingerprint density at radius 2 is 1.50 bits per heavy atom. The van der Waals surface area contributed by atoms with Gasteiger partial charge in [0.05, 0.1) is 9.82 Å². The maximum atomic E-state index is 12.9. The molecule has 4 rings (SSSR count). The largest absolute Gasteiger partial charge is 0.457 e. The first-order chi connectivity index (χ1) is 15.4. The van der Waals surface area contributed by atoms with Gasteiger partial charge in [0, 0.05) is 44.9 Å². The van der Waals surface area contributed by atoms with Crippen LogP contribution in [-0.4, -0.2) is 48.7 Å². The van der Waals surface area contributed by atoms with Gasteiger partial charge < -0.3 is 4.74 Å². The van der Waals surface area contributed by atoms with Crippen molar-refractivity contribution in [2.45, 2.75) is 11.4 Å². The first-order valence-corrected chi connectivity index (χ1v) is 11.6. The predicted molar refractivity (Wildman–Crippen MR) is 120 cm³/mol. The zero-order valence-corrected chi connectivity index (χ0v) is 18.1. The number of piperazine rings is 1. The normalized spacial score (nSPS) is 15.4. The van der Waals surface area contributed by atoms with Gasteiger partial charge in [0.2, 0.25) is 10.0 Å². The number of nitro groups is 1. The van der Waals surface area contributed by atoms with Gasteiger partial charge in [-0.3, -0.25) is 15.0 Å². The summed E-state index contributed by atoms with van der Waals surface area (Å²) >= 11 is 0. The van der Waals surface area contributed by atoms with E-state index in [2.05, 4.69) is 4.90 Å². The van der Waals surface area contributed by atoms with Crippen LogP contribution in [0.25, 0.3) is 0 Å². The van der Waals surface area contributed by atoms with Crippen molar-refractivity contribution in [1.29, 1.82) is 0 Å². The summed E-state index contributed by atoms with van der Waals surface area (Å²) in [5, 5.41) is 10.8. The molecule has 3 aromatic carbocycles. The zero-order valence-electron chi connectivity index (χ0n) is 17.3. The number of para-hydroxylation sites is 1. The van der Waals surface area contributed by atoms with Crippen molar-refractivity contribution < 1.29 is 18.1 Å². The fraction of sp³-hybridized carbons (Fsp3) is 0.217. The van der Waals surface area contributed by atoms with Crippen molar-refractivity contribution in [2.75, 3.05) is 26.2 Å². The molecule has 0 unspecified atom stereocenters. The Morgan fingerprint density at radius 1 is 0.844 bits per heavy atom. The highest BCUT2D eigenvalue weighted by atomic mass is 32.2. The third kappa shape index (κ3) is 5.13. The van der Waals surface area contributed by atoms with Crippen molar-refractivity contribution in [1.82, 2.24) is 9.21 Å². The van der Waals surface area contributed by atoms with Gasteiger partial charge in [-0.1, -0.05) is 30.3 Å². The molecule has 32 heavy (non-hydrogen) atoms. The van der Waals surface area contributed by atoms with Crippen molar-refractivity contribution >= 4 is 15.7 Å². The molecule has 0 amide bonds. The third-order valence-electron chi connectivity index (χ3n) is 5.30. The monoisotopic (exact) mass is 453 g/mol. The van der Waals surface area contributed by atoms with Gasteiger partial charge >= 0.3 is 0 Å². The number of nitrogens with zero attached hydrogens (tertiary/aromatic N) is 3. The smallest absolute Gasteiger partial charge is 0.269 e. The van der Waals surface area contributed by atoms with E-state index in [1.165, 1.54) is 28.6 Å². The van der Waals surface area contributed by atoms with E-state index in [0.717, 1.165) is 17.1 Å². The van der Waals surface area contributed by atoms with Crippen molar-refractivity contribution in [3.63, 3.8) is 0 Å². The number of rotatable bonds is 7. The van der Waals surface area contributed by atoms with E-state index in [1.807, 2.05) is 54.6 Å². The molecule has 3 aromatic rings. The van der Waals surface area contributed by atoms with Gasteiger partial charge in [-0.25, -0.2) is 8.42 Å². The van der Waals surface area contributed by atoms with E-state index in [4.69, 9.17) is 4.74 Å². The molecule has 1 saturated heterocycles. The van der Waals surface area contributed by atoms with Crippen molar-refractivity contribution in [3.05, 3.63) is 94.5 Å². The number of sulfonamides is 1. The lowest BCUT2D eigenvalue weighted by Crippen LogP contribution is -2.48. The van der Waals surface area contributed by atoms with Gasteiger partial charge in [-0.2, -0.15) is 4.31 Å². The number of benzene rings is 3. The summed E-state index contributed by atoms with van der Waals surface area (Å²) in [6.45, 7) is 2.60. The van der Waals surface area contributed by atoms with Gasteiger partial charge in [0.15, 0.2) is 0 Å². The molecule has 0 radical (unpaired) electrons. The predicted octanol–water partition coefficient (Wildman–Crippen LogP) is 3.89. The Kier molecular flexibility index (Phi) is 6.50. The molecule has 8 nitrogen and oxygen atoms in total. The number of ether oxygens (including phenoxy) is 1. The quantitative estimate of drug-likeness (QED) is 0.398. The molecule has 9 heteroatoms. The van der Waals surface area contributed by atoms with Gasteiger partial charge in [0.1, 0.15) is 11.5 Å². The van der Waals surface area contributed by atoms with E-state index in [9.17, 15) is 18.5 Å². The average molecular weight is 454 g/mol. The van der Waals surface area contributed by atoms with E-state index >= 15 is 0 Å². The van der Waals surface area contributed by atoms with Gasteiger partial charge in [0.25, 0.3) is 5.69 Å². The van der Waals surface area contributed by atoms with Crippen LogP contribution < -0.4 is 4.74 Å². The summed E-state index contributed by atoms with van der Waals surface area (Å²) in [6.07, 6.45) is 0. The summed E-state index contributed by atoms with van der Waals surface area (Å²) < 4.78 is 33.1. The van der Waals surface area contributed by atoms with Gasteiger partial charge in [-0.05, 0) is 42.0 Å². The summed E-state index contributed by atoms with van der Waals surface area (Å²) in [6, 6.07) is 22.5. The van der Waals surface area contributed by atoms with Crippen LogP contribution in [0, 0.1) is 10.1 Å². The van der Waals surface area contributed by atoms with E-state index < -0.39 is 14.9 Å². The van der Waals surface area contributed by atoms with Gasteiger partial charge in [-0.15, -0.1) is 0 Å². The molecular weight excluding hydrogens is 430 g/mol. The Labute approximate surface area is 186 Å². The SMILES string of the molecule is O=[N+]([O-])c1ccc(S(=O)(=O)N2CCN(Cc3cccc(Oc4ccccc4)c3)CC2)cc1. The minimum absolute atomic E-state index is 0.0716. The topological polar surface area (TPSA) is 93.0 Å². The lowest BCUT2D eigenvalue weighted by atomic mass is 10.2. The Balaban J connectivity index is 1.35. The summed E-state index contributed by atoms with van der Waals surface area (Å²) in [7, 11) is -3.68. The lowest BCUT2D eigenvalue weighted by Gasteiger charge is -2.34. The molecule has 0 bridgehead atoms. The van der Waals surface area contributed by atoms with Crippen LogP contribution >= 0.6 is 0 Å². The second kappa shape index (κ2) is 9.47. The minimum Gasteiger partial charge on any atom is -0.457 e. The molecule has 1 aliphatic rings. The molecule has 1 aliphatic heterocycles. The Bertz CT molecular complexity index is 1180. The maximum absolute atomic E-state index is 12.9. The van der Waals surface area contributed by atoms with Crippen LogP contribution in [0.2, 0.25) is 0 Å². The highest BCUT2D eigenvalue weighted by Crippen LogP contribution is 2.24. The molecule has 0 spiro atoms. The summed E-state index contributed by atoms with van der Waals surface area (Å²) in [5.41, 5.74) is 0.956. The second-order valence-corrected chi connectivity index (χ2v) is 9.43. The molecule has 1 fully saturated rings. The fourth-order valence-electron chi connectivity index (χ4n) is 3.61. The molecule has 0 saturated carbocycles. The molecule has 0 aliphatic carbocycles. The van der Waals surface area contributed by atoms with Crippen LogP contribution in [0.15, 0.2) is 83.8 Å². The molecule has 166 valence electrons. The van der Waals surface area contributed by atoms with Crippen molar-refractivity contribution in [2.24, 2.45) is 0 Å². The summed E-state index contributed by atoms with van der Waals surface area (Å²) in [5.74, 6) is 1.53. The number of hydrogen-bond donors (Lipinski definition) is 0. The standard InChI is InChI=1S/C23H23N3O5S/c27-26(28)20-9-11-23(12-10-20)32(29,30)25-15-13-24(14-16-25)18-19-5-4-8-22(17-19)31-21-6-2-1-3-7-21/h1-12,17H,13-16,18H2. The summed E-state index contributed by atoms with van der Waals surface area (Å²) in [4.78, 5) is 12.5. The third-order valence-corrected chi connectivity index (χ3v) is 7.21. The zero-order chi connectivity index (χ0) is 22.6. The average Bonchev–Trinajstić information content (AvgIpc) is 2.80. The molecule has 0 atom stereocenters. The molecular formula is C23H23N3O5S. The second-order valence-electron chi connectivity index (χ2n) is 7.49. The van der Waals surface area contributed by atoms with E-state index in [1.54, 1.807) is 0 Å². The van der Waals surface area contributed by atoms with Crippen LogP contribution in [0.4, 0.5) is 5.69 Å². The molecule has 0 aromatic heterocycles. The highest BCUT2D eigenvalue weighted by Gasteiger charge is 2.28. The lowest BCUT2D eigenvalue weighted by molar-refractivity contribution is -0.384. The highest BCUT2D eigenvalue weighted by molar-refractivity contribution is 7.89. The number of nitro benzene ring substituents is 1. The fourth-order valence-corrected chi connectivity index (χ4v) is 5.03. The van der Waals surface area contributed by atoms with Crippen LogP contribution in [-0.2, 0) is 16.6 Å².